The van der Waals surface area contributed by atoms with Crippen LogP contribution < -0.4 is 0 Å². The molecule has 3 aromatic rings. The van der Waals surface area contributed by atoms with Crippen LogP contribution in [-0.2, 0) is 21.2 Å². The van der Waals surface area contributed by atoms with Gasteiger partial charge in [0, 0.05) is 17.5 Å². The summed E-state index contributed by atoms with van der Waals surface area (Å²) in [6.07, 6.45) is 1.41. The van der Waals surface area contributed by atoms with E-state index in [1.807, 2.05) is 25.7 Å². The Bertz CT molecular complexity index is 1200. The van der Waals surface area contributed by atoms with Crippen LogP contribution >= 0.6 is 11.3 Å². The number of sulfonamides is 1. The second kappa shape index (κ2) is 9.79. The molecule has 0 saturated carbocycles. The van der Waals surface area contributed by atoms with E-state index in [9.17, 15) is 13.2 Å². The van der Waals surface area contributed by atoms with Gasteiger partial charge in [0.1, 0.15) is 0 Å². The van der Waals surface area contributed by atoms with Crippen molar-refractivity contribution in [2.75, 3.05) is 13.1 Å². The van der Waals surface area contributed by atoms with Gasteiger partial charge in [0.25, 0.3) is 0 Å². The highest BCUT2D eigenvalue weighted by Gasteiger charge is 2.36. The Balaban J connectivity index is 1.68. The summed E-state index contributed by atoms with van der Waals surface area (Å²) in [6, 6.07) is 18.2. The monoisotopic (exact) mass is 482 g/mol. The van der Waals surface area contributed by atoms with Crippen molar-refractivity contribution in [2.24, 2.45) is 0 Å². The molecule has 0 saturated heterocycles. The normalized spacial score (nSPS) is 17.1. The highest BCUT2D eigenvalue weighted by atomic mass is 32.2. The first-order valence-electron chi connectivity index (χ1n) is 11.3. The number of rotatable bonds is 7. The summed E-state index contributed by atoms with van der Waals surface area (Å²) in [7, 11) is -3.80. The number of aryl methyl sites for hydroxylation is 1. The van der Waals surface area contributed by atoms with E-state index in [-0.39, 0.29) is 29.4 Å². The Kier molecular flexibility index (Phi) is 7.02. The summed E-state index contributed by atoms with van der Waals surface area (Å²) >= 11 is 1.72. The summed E-state index contributed by atoms with van der Waals surface area (Å²) in [5, 5.41) is 2.07. The van der Waals surface area contributed by atoms with Gasteiger partial charge in [-0.1, -0.05) is 55.0 Å². The molecule has 0 spiro atoms. The highest BCUT2D eigenvalue weighted by Crippen LogP contribution is 2.38. The van der Waals surface area contributed by atoms with Crippen LogP contribution in [0.4, 0.5) is 0 Å². The Hall–Kier alpha value is -2.48. The molecular weight excluding hydrogens is 452 g/mol. The van der Waals surface area contributed by atoms with E-state index in [0.717, 1.165) is 23.1 Å². The van der Waals surface area contributed by atoms with Crippen molar-refractivity contribution in [2.45, 2.75) is 50.6 Å². The number of amides is 1. The van der Waals surface area contributed by atoms with E-state index >= 15 is 0 Å². The standard InChI is InChI=1S/C26H30N2O3S2/c1-4-20(3)28(33(30,31)22-8-6-5-7-9-22)18-25(29)27-16-14-24-23(15-17-32-24)26(27)21-12-10-19(2)11-13-21/h5-13,15,17,20,26H,4,14,16,18H2,1-3H3. The van der Waals surface area contributed by atoms with Crippen LogP contribution in [0.2, 0.25) is 0 Å². The van der Waals surface area contributed by atoms with Crippen molar-refractivity contribution in [3.8, 4) is 0 Å². The maximum Gasteiger partial charge on any atom is 0.243 e. The molecule has 0 radical (unpaired) electrons. The van der Waals surface area contributed by atoms with Crippen molar-refractivity contribution in [3.05, 3.63) is 87.6 Å². The molecule has 1 aliphatic rings. The third-order valence-electron chi connectivity index (χ3n) is 6.40. The van der Waals surface area contributed by atoms with Gasteiger partial charge in [-0.25, -0.2) is 8.42 Å². The maximum atomic E-state index is 13.7. The van der Waals surface area contributed by atoms with E-state index in [0.29, 0.717) is 13.0 Å². The lowest BCUT2D eigenvalue weighted by atomic mass is 9.92. The molecule has 0 fully saturated rings. The first-order valence-corrected chi connectivity index (χ1v) is 13.6. The quantitative estimate of drug-likeness (QED) is 0.475. The van der Waals surface area contributed by atoms with Gasteiger partial charge in [0.05, 0.1) is 17.5 Å². The fraction of sp³-hybridized carbons (Fsp3) is 0.346. The lowest BCUT2D eigenvalue weighted by molar-refractivity contribution is -0.133. The van der Waals surface area contributed by atoms with Crippen LogP contribution in [0.3, 0.4) is 0 Å². The molecule has 2 atom stereocenters. The largest absolute Gasteiger partial charge is 0.330 e. The third-order valence-corrected chi connectivity index (χ3v) is 9.37. The van der Waals surface area contributed by atoms with E-state index < -0.39 is 10.0 Å². The fourth-order valence-corrected chi connectivity index (χ4v) is 6.91. The van der Waals surface area contributed by atoms with Crippen LogP contribution in [0.25, 0.3) is 0 Å². The summed E-state index contributed by atoms with van der Waals surface area (Å²) in [5.74, 6) is -0.169. The van der Waals surface area contributed by atoms with Crippen molar-refractivity contribution in [1.29, 1.82) is 0 Å². The predicted molar refractivity (Wildman–Crippen MR) is 133 cm³/mol. The van der Waals surface area contributed by atoms with Crippen LogP contribution in [0, 0.1) is 6.92 Å². The minimum absolute atomic E-state index is 0.169. The average molecular weight is 483 g/mol. The molecule has 0 aliphatic carbocycles. The van der Waals surface area contributed by atoms with Crippen molar-refractivity contribution in [3.63, 3.8) is 0 Å². The van der Waals surface area contributed by atoms with Gasteiger partial charge >= 0.3 is 0 Å². The maximum absolute atomic E-state index is 13.7. The molecule has 2 aromatic carbocycles. The van der Waals surface area contributed by atoms with Gasteiger partial charge in [0.15, 0.2) is 0 Å². The Morgan fingerprint density at radius 1 is 1.12 bits per heavy atom. The van der Waals surface area contributed by atoms with Crippen molar-refractivity contribution in [1.82, 2.24) is 9.21 Å². The van der Waals surface area contributed by atoms with E-state index in [2.05, 4.69) is 35.7 Å². The number of hydrogen-bond acceptors (Lipinski definition) is 4. The van der Waals surface area contributed by atoms with Gasteiger partial charge < -0.3 is 4.90 Å². The molecule has 2 unspecified atom stereocenters. The van der Waals surface area contributed by atoms with Crippen molar-refractivity contribution >= 4 is 27.3 Å². The van der Waals surface area contributed by atoms with Gasteiger partial charge in [-0.15, -0.1) is 11.3 Å². The van der Waals surface area contributed by atoms with Crippen LogP contribution in [-0.4, -0.2) is 42.7 Å². The lowest BCUT2D eigenvalue weighted by Crippen LogP contribution is -2.49. The van der Waals surface area contributed by atoms with Gasteiger partial charge in [-0.3, -0.25) is 4.79 Å². The molecule has 1 aliphatic heterocycles. The Morgan fingerprint density at radius 3 is 2.48 bits per heavy atom. The molecule has 1 amide bonds. The molecule has 4 rings (SSSR count). The topological polar surface area (TPSA) is 57.7 Å². The molecule has 2 heterocycles. The SMILES string of the molecule is CCC(C)N(CC(=O)N1CCc2sccc2C1c1ccc(C)cc1)S(=O)(=O)c1ccccc1. The first kappa shape index (κ1) is 23.7. The van der Waals surface area contributed by atoms with Gasteiger partial charge in [-0.2, -0.15) is 4.31 Å². The minimum Gasteiger partial charge on any atom is -0.330 e. The van der Waals surface area contributed by atoms with Gasteiger partial charge in [-0.05, 0) is 61.4 Å². The van der Waals surface area contributed by atoms with E-state index in [1.165, 1.54) is 9.18 Å². The lowest BCUT2D eigenvalue weighted by Gasteiger charge is -2.38. The summed E-state index contributed by atoms with van der Waals surface area (Å²) < 4.78 is 28.3. The first-order chi connectivity index (χ1) is 15.8. The second-order valence-electron chi connectivity index (χ2n) is 8.57. The molecule has 174 valence electrons. The molecule has 7 heteroatoms. The molecule has 5 nitrogen and oxygen atoms in total. The summed E-state index contributed by atoms with van der Waals surface area (Å²) in [6.45, 7) is 6.25. The Morgan fingerprint density at radius 2 is 1.82 bits per heavy atom. The van der Waals surface area contributed by atoms with E-state index in [1.54, 1.807) is 41.7 Å². The van der Waals surface area contributed by atoms with Crippen LogP contribution in [0.1, 0.15) is 47.9 Å². The van der Waals surface area contributed by atoms with E-state index in [4.69, 9.17) is 0 Å². The zero-order chi connectivity index (χ0) is 23.6. The highest BCUT2D eigenvalue weighted by molar-refractivity contribution is 7.89. The number of hydrogen-bond donors (Lipinski definition) is 0. The third kappa shape index (κ3) is 4.76. The van der Waals surface area contributed by atoms with Crippen LogP contribution in [0.5, 0.6) is 0 Å². The predicted octanol–water partition coefficient (Wildman–Crippen LogP) is 5.02. The summed E-state index contributed by atoms with van der Waals surface area (Å²) in [5.41, 5.74) is 3.36. The number of benzene rings is 2. The molecule has 0 N–H and O–H groups in total. The number of fused-ring (bicyclic) bond motifs is 1. The van der Waals surface area contributed by atoms with Crippen molar-refractivity contribution < 1.29 is 13.2 Å². The number of thiophene rings is 1. The average Bonchev–Trinajstić information content (AvgIpc) is 3.31. The minimum atomic E-state index is -3.80. The number of carbonyl (C=O) groups is 1. The second-order valence-corrected chi connectivity index (χ2v) is 11.5. The van der Waals surface area contributed by atoms with Crippen LogP contribution in [0.15, 0.2) is 70.9 Å². The molecule has 33 heavy (non-hydrogen) atoms. The fourth-order valence-electron chi connectivity index (χ4n) is 4.33. The molecule has 1 aromatic heterocycles. The molecular formula is C26H30N2O3S2. The van der Waals surface area contributed by atoms with Gasteiger partial charge in [0.2, 0.25) is 15.9 Å². The number of nitrogens with zero attached hydrogens (tertiary/aromatic N) is 2. The summed E-state index contributed by atoms with van der Waals surface area (Å²) in [4.78, 5) is 17.1. The Labute approximate surface area is 200 Å². The smallest absolute Gasteiger partial charge is 0.243 e. The zero-order valence-corrected chi connectivity index (χ0v) is 20.9. The number of carbonyl (C=O) groups excluding carboxylic acids is 1. The molecule has 0 bridgehead atoms. The zero-order valence-electron chi connectivity index (χ0n) is 19.3.